The summed E-state index contributed by atoms with van der Waals surface area (Å²) < 4.78 is 16.6. The molecule has 3 aromatic rings. The summed E-state index contributed by atoms with van der Waals surface area (Å²) in [6.45, 7) is 4.20. The number of amides is 1. The highest BCUT2D eigenvalue weighted by atomic mass is 16.6. The lowest BCUT2D eigenvalue weighted by Gasteiger charge is -2.33. The van der Waals surface area contributed by atoms with E-state index in [-0.39, 0.29) is 11.8 Å². The van der Waals surface area contributed by atoms with Crippen molar-refractivity contribution in [3.8, 4) is 22.8 Å². The van der Waals surface area contributed by atoms with E-state index in [0.29, 0.717) is 49.1 Å². The van der Waals surface area contributed by atoms with Crippen LogP contribution in [-0.4, -0.2) is 52.2 Å². The normalized spacial score (nSPS) is 18.3. The van der Waals surface area contributed by atoms with E-state index >= 15 is 0 Å². The molecule has 4 heterocycles. The average Bonchev–Trinajstić information content (AvgIpc) is 3.24. The van der Waals surface area contributed by atoms with Gasteiger partial charge in [0, 0.05) is 36.8 Å². The van der Waals surface area contributed by atoms with Gasteiger partial charge in [0.1, 0.15) is 19.5 Å². The van der Waals surface area contributed by atoms with Crippen molar-refractivity contribution in [2.75, 3.05) is 26.3 Å². The van der Waals surface area contributed by atoms with E-state index in [1.165, 1.54) is 0 Å². The van der Waals surface area contributed by atoms with E-state index in [1.807, 2.05) is 17.9 Å². The minimum Gasteiger partial charge on any atom is -0.486 e. The molecule has 0 N–H and O–H groups in total. The second kappa shape index (κ2) is 7.78. The van der Waals surface area contributed by atoms with E-state index in [1.54, 1.807) is 30.7 Å². The molecule has 2 aliphatic heterocycles. The van der Waals surface area contributed by atoms with Gasteiger partial charge in [0.25, 0.3) is 5.91 Å². The molecule has 0 bridgehead atoms. The molecule has 0 radical (unpaired) electrons. The van der Waals surface area contributed by atoms with Crippen molar-refractivity contribution in [2.24, 2.45) is 0 Å². The maximum Gasteiger partial charge on any atom is 0.254 e. The minimum atomic E-state index is -0.0113. The van der Waals surface area contributed by atoms with Gasteiger partial charge in [-0.2, -0.15) is 0 Å². The van der Waals surface area contributed by atoms with Crippen LogP contribution in [0.25, 0.3) is 11.3 Å². The fraction of sp³-hybridized carbons (Fsp3) is 0.364. The lowest BCUT2D eigenvalue weighted by molar-refractivity contribution is 0.0705. The first-order chi connectivity index (χ1) is 14.7. The lowest BCUT2D eigenvalue weighted by Crippen LogP contribution is -2.39. The van der Waals surface area contributed by atoms with Crippen LogP contribution in [0.5, 0.6) is 11.5 Å². The van der Waals surface area contributed by atoms with Crippen molar-refractivity contribution in [1.82, 2.24) is 20.0 Å². The summed E-state index contributed by atoms with van der Waals surface area (Å²) in [5.41, 5.74) is 3.13. The van der Waals surface area contributed by atoms with Crippen LogP contribution < -0.4 is 9.47 Å². The summed E-state index contributed by atoms with van der Waals surface area (Å²) in [7, 11) is 0. The van der Waals surface area contributed by atoms with Crippen LogP contribution in [0.1, 0.15) is 40.5 Å². The third kappa shape index (κ3) is 3.49. The molecular weight excluding hydrogens is 384 g/mol. The second-order valence-corrected chi connectivity index (χ2v) is 7.60. The highest BCUT2D eigenvalue weighted by molar-refractivity contribution is 5.95. The Balaban J connectivity index is 1.39. The maximum atomic E-state index is 13.2. The number of carbonyl (C=O) groups excluding carboxylic acids is 1. The smallest absolute Gasteiger partial charge is 0.254 e. The van der Waals surface area contributed by atoms with Crippen molar-refractivity contribution in [1.29, 1.82) is 0 Å². The fourth-order valence-electron chi connectivity index (χ4n) is 4.09. The molecule has 2 aliphatic rings. The molecule has 1 fully saturated rings. The van der Waals surface area contributed by atoms with Gasteiger partial charge in [-0.3, -0.25) is 4.79 Å². The zero-order valence-electron chi connectivity index (χ0n) is 16.7. The van der Waals surface area contributed by atoms with Crippen LogP contribution in [0, 0.1) is 6.92 Å². The van der Waals surface area contributed by atoms with Crippen LogP contribution in [-0.2, 0) is 0 Å². The Bertz CT molecular complexity index is 1080. The number of ether oxygens (including phenoxy) is 2. The molecule has 5 rings (SSSR count). The van der Waals surface area contributed by atoms with Crippen LogP contribution >= 0.6 is 0 Å². The average molecular weight is 406 g/mol. The minimum absolute atomic E-state index is 0.0113. The predicted octanol–water partition coefficient (Wildman–Crippen LogP) is 3.23. The molecule has 154 valence electrons. The Morgan fingerprint density at radius 3 is 2.87 bits per heavy atom. The number of hydrogen-bond donors (Lipinski definition) is 0. The number of aryl methyl sites for hydroxylation is 1. The molecule has 2 aromatic heterocycles. The summed E-state index contributed by atoms with van der Waals surface area (Å²) in [5, 5.41) is 3.98. The molecule has 0 spiro atoms. The van der Waals surface area contributed by atoms with Crippen LogP contribution in [0.3, 0.4) is 0 Å². The Hall–Kier alpha value is -3.42. The van der Waals surface area contributed by atoms with Crippen LogP contribution in [0.15, 0.2) is 41.3 Å². The second-order valence-electron chi connectivity index (χ2n) is 7.60. The molecule has 0 aliphatic carbocycles. The first-order valence-electron chi connectivity index (χ1n) is 10.1. The number of hydrogen-bond acceptors (Lipinski definition) is 7. The van der Waals surface area contributed by atoms with Gasteiger partial charge in [-0.05, 0) is 38.0 Å². The van der Waals surface area contributed by atoms with E-state index in [4.69, 9.17) is 14.0 Å². The predicted molar refractivity (Wildman–Crippen MR) is 108 cm³/mol. The summed E-state index contributed by atoms with van der Waals surface area (Å²) in [5.74, 6) is 2.05. The van der Waals surface area contributed by atoms with Gasteiger partial charge in [-0.1, -0.05) is 5.16 Å². The molecule has 0 saturated carbocycles. The van der Waals surface area contributed by atoms with Crippen molar-refractivity contribution in [3.05, 3.63) is 53.7 Å². The number of likely N-dealkylation sites (tertiary alicyclic amines) is 1. The number of nitrogens with zero attached hydrogens (tertiary/aromatic N) is 4. The maximum absolute atomic E-state index is 13.2. The van der Waals surface area contributed by atoms with E-state index in [9.17, 15) is 4.79 Å². The molecule has 1 atom stereocenters. The zero-order valence-corrected chi connectivity index (χ0v) is 16.7. The fourth-order valence-corrected chi connectivity index (χ4v) is 4.09. The Labute approximate surface area is 173 Å². The standard InChI is InChI=1S/C22H22N4O4/c1-14-9-19(30-25-14)17-11-23-13-24-21(17)16-3-2-6-26(12-16)22(27)15-4-5-18-20(10-15)29-8-7-28-18/h4-5,9-11,13,16H,2-3,6-8,12H2,1H3/t16-/m1/s1. The van der Waals surface area contributed by atoms with Gasteiger partial charge in [0.2, 0.25) is 0 Å². The number of carbonyl (C=O) groups is 1. The highest BCUT2D eigenvalue weighted by Gasteiger charge is 2.29. The van der Waals surface area contributed by atoms with E-state index in [0.717, 1.165) is 29.8 Å². The number of benzene rings is 1. The molecule has 1 aromatic carbocycles. The largest absolute Gasteiger partial charge is 0.486 e. The van der Waals surface area contributed by atoms with Gasteiger partial charge in [-0.15, -0.1) is 0 Å². The van der Waals surface area contributed by atoms with E-state index < -0.39 is 0 Å². The van der Waals surface area contributed by atoms with Gasteiger partial charge < -0.3 is 18.9 Å². The third-order valence-corrected chi connectivity index (χ3v) is 5.52. The van der Waals surface area contributed by atoms with Crippen molar-refractivity contribution >= 4 is 5.91 Å². The summed E-state index contributed by atoms with van der Waals surface area (Å²) in [4.78, 5) is 23.8. The molecule has 8 heteroatoms. The Kier molecular flexibility index (Phi) is 4.82. The first-order valence-corrected chi connectivity index (χ1v) is 10.1. The van der Waals surface area contributed by atoms with Gasteiger partial charge >= 0.3 is 0 Å². The highest BCUT2D eigenvalue weighted by Crippen LogP contribution is 2.35. The molecule has 0 unspecified atom stereocenters. The van der Waals surface area contributed by atoms with Crippen molar-refractivity contribution in [2.45, 2.75) is 25.7 Å². The van der Waals surface area contributed by atoms with Crippen molar-refractivity contribution < 1.29 is 18.8 Å². The topological polar surface area (TPSA) is 90.6 Å². The molecular formula is C22H22N4O4. The molecule has 30 heavy (non-hydrogen) atoms. The van der Waals surface area contributed by atoms with Gasteiger partial charge in [0.15, 0.2) is 17.3 Å². The quantitative estimate of drug-likeness (QED) is 0.659. The third-order valence-electron chi connectivity index (χ3n) is 5.52. The number of piperidine rings is 1. The first kappa shape index (κ1) is 18.6. The van der Waals surface area contributed by atoms with Gasteiger partial charge in [-0.25, -0.2) is 9.97 Å². The summed E-state index contributed by atoms with van der Waals surface area (Å²) in [6, 6.07) is 7.25. The molecule has 1 amide bonds. The number of aromatic nitrogens is 3. The Morgan fingerprint density at radius 2 is 2.03 bits per heavy atom. The monoisotopic (exact) mass is 406 g/mol. The van der Waals surface area contributed by atoms with Gasteiger partial charge in [0.05, 0.1) is 17.0 Å². The molecule has 1 saturated heterocycles. The zero-order chi connectivity index (χ0) is 20.5. The van der Waals surface area contributed by atoms with E-state index in [2.05, 4.69) is 15.1 Å². The lowest BCUT2D eigenvalue weighted by atomic mass is 9.91. The molecule has 8 nitrogen and oxygen atoms in total. The van der Waals surface area contributed by atoms with Crippen LogP contribution in [0.2, 0.25) is 0 Å². The SMILES string of the molecule is Cc1cc(-c2cncnc2[C@@H]2CCCN(C(=O)c3ccc4c(c3)OCCO4)C2)on1. The van der Waals surface area contributed by atoms with Crippen molar-refractivity contribution in [3.63, 3.8) is 0 Å². The number of rotatable bonds is 3. The summed E-state index contributed by atoms with van der Waals surface area (Å²) in [6.07, 6.45) is 5.15. The summed E-state index contributed by atoms with van der Waals surface area (Å²) >= 11 is 0. The number of fused-ring (bicyclic) bond motifs is 1. The van der Waals surface area contributed by atoms with Crippen LogP contribution in [0.4, 0.5) is 0 Å². The Morgan fingerprint density at radius 1 is 1.17 bits per heavy atom.